The van der Waals surface area contributed by atoms with E-state index in [0.29, 0.717) is 28.0 Å². The smallest absolute Gasteiger partial charge is 0.273 e. The Morgan fingerprint density at radius 3 is 2.62 bits per heavy atom. The molecule has 0 bridgehead atoms. The highest BCUT2D eigenvalue weighted by Crippen LogP contribution is 2.28. The van der Waals surface area contributed by atoms with Gasteiger partial charge in [0.25, 0.3) is 5.91 Å². The summed E-state index contributed by atoms with van der Waals surface area (Å²) in [6, 6.07) is 4.99. The third-order valence-electron chi connectivity index (χ3n) is 4.12. The molecule has 29 heavy (non-hydrogen) atoms. The molecular weight excluding hydrogens is 417 g/mol. The van der Waals surface area contributed by atoms with Crippen LogP contribution in [0.4, 0.5) is 11.5 Å². The number of para-hydroxylation sites is 1. The molecule has 1 amide bonds. The molecule has 3 heterocycles. The minimum absolute atomic E-state index is 0.0552. The van der Waals surface area contributed by atoms with Gasteiger partial charge in [-0.05, 0) is 12.1 Å². The van der Waals surface area contributed by atoms with E-state index in [9.17, 15) is 4.79 Å². The largest absolute Gasteiger partial charge is 0.364 e. The van der Waals surface area contributed by atoms with Crippen molar-refractivity contribution in [3.8, 4) is 5.69 Å². The summed E-state index contributed by atoms with van der Waals surface area (Å²) in [5.41, 5.74) is 7.33. The molecule has 10 nitrogen and oxygen atoms in total. The van der Waals surface area contributed by atoms with Crippen molar-refractivity contribution < 1.29 is 4.79 Å². The molecule has 0 atom stereocenters. The Kier molecular flexibility index (Phi) is 4.95. The normalized spacial score (nSPS) is 11.0. The first-order chi connectivity index (χ1) is 13.9. The van der Waals surface area contributed by atoms with Crippen molar-refractivity contribution in [1.82, 2.24) is 34.3 Å². The van der Waals surface area contributed by atoms with Gasteiger partial charge in [-0.2, -0.15) is 5.10 Å². The van der Waals surface area contributed by atoms with Gasteiger partial charge in [0.15, 0.2) is 11.5 Å². The van der Waals surface area contributed by atoms with E-state index >= 15 is 0 Å². The van der Waals surface area contributed by atoms with Crippen molar-refractivity contribution in [2.24, 2.45) is 12.8 Å². The Morgan fingerprint density at radius 1 is 1.21 bits per heavy atom. The second-order valence-corrected chi connectivity index (χ2v) is 6.98. The molecule has 0 saturated carbocycles. The van der Waals surface area contributed by atoms with Crippen molar-refractivity contribution in [2.45, 2.75) is 6.54 Å². The number of aryl methyl sites for hydroxylation is 1. The van der Waals surface area contributed by atoms with Crippen LogP contribution in [0.5, 0.6) is 0 Å². The lowest BCUT2D eigenvalue weighted by Crippen LogP contribution is -2.14. The van der Waals surface area contributed by atoms with Gasteiger partial charge < -0.3 is 15.6 Å². The van der Waals surface area contributed by atoms with E-state index in [1.165, 1.54) is 4.80 Å². The van der Waals surface area contributed by atoms with Gasteiger partial charge in [-0.15, -0.1) is 15.0 Å². The van der Waals surface area contributed by atoms with Gasteiger partial charge in [0.2, 0.25) is 0 Å². The topological polar surface area (TPSA) is 121 Å². The zero-order valence-corrected chi connectivity index (χ0v) is 16.6. The SMILES string of the molecule is Cn1cncc1Cn1cc(Nc2nn(-c3c(Cl)cccc3Cl)nc2C(N)=O)cn1. The fourth-order valence-corrected chi connectivity index (χ4v) is 3.24. The Morgan fingerprint density at radius 2 is 1.97 bits per heavy atom. The summed E-state index contributed by atoms with van der Waals surface area (Å²) < 4.78 is 3.62. The highest BCUT2D eigenvalue weighted by atomic mass is 35.5. The molecule has 0 fully saturated rings. The number of carbonyl (C=O) groups is 1. The van der Waals surface area contributed by atoms with Crippen molar-refractivity contribution in [3.63, 3.8) is 0 Å². The van der Waals surface area contributed by atoms with Crippen LogP contribution in [0.3, 0.4) is 0 Å². The minimum atomic E-state index is -0.746. The van der Waals surface area contributed by atoms with E-state index in [2.05, 4.69) is 25.6 Å². The highest BCUT2D eigenvalue weighted by molar-refractivity contribution is 6.37. The van der Waals surface area contributed by atoms with Crippen LogP contribution in [0.25, 0.3) is 5.69 Å². The monoisotopic (exact) mass is 431 g/mol. The summed E-state index contributed by atoms with van der Waals surface area (Å²) in [6.07, 6.45) is 6.84. The molecule has 0 aliphatic carbocycles. The summed E-state index contributed by atoms with van der Waals surface area (Å²) in [7, 11) is 1.91. The number of hydrogen-bond donors (Lipinski definition) is 2. The summed E-state index contributed by atoms with van der Waals surface area (Å²) >= 11 is 12.4. The van der Waals surface area contributed by atoms with Crippen LogP contribution in [-0.4, -0.2) is 40.2 Å². The molecule has 0 unspecified atom stereocenters. The molecule has 0 spiro atoms. The number of nitrogens with one attached hydrogen (secondary N) is 1. The number of imidazole rings is 1. The van der Waals surface area contributed by atoms with Crippen LogP contribution in [-0.2, 0) is 13.6 Å². The third kappa shape index (κ3) is 3.80. The van der Waals surface area contributed by atoms with E-state index in [1.54, 1.807) is 47.8 Å². The Hall–Kier alpha value is -3.37. The maximum absolute atomic E-state index is 11.9. The minimum Gasteiger partial charge on any atom is -0.364 e. The summed E-state index contributed by atoms with van der Waals surface area (Å²) in [5.74, 6) is -0.585. The molecule has 3 N–H and O–H groups in total. The van der Waals surface area contributed by atoms with Gasteiger partial charge in [0, 0.05) is 13.2 Å². The Bertz CT molecular complexity index is 1170. The molecule has 0 aliphatic rings. The van der Waals surface area contributed by atoms with E-state index in [0.717, 1.165) is 5.69 Å². The summed E-state index contributed by atoms with van der Waals surface area (Å²) in [5, 5.41) is 16.4. The van der Waals surface area contributed by atoms with Crippen LogP contribution in [0, 0.1) is 0 Å². The second kappa shape index (κ2) is 7.57. The van der Waals surface area contributed by atoms with Crippen LogP contribution >= 0.6 is 23.2 Å². The molecule has 148 valence electrons. The van der Waals surface area contributed by atoms with E-state index in [-0.39, 0.29) is 11.5 Å². The maximum Gasteiger partial charge on any atom is 0.273 e. The van der Waals surface area contributed by atoms with Crippen molar-refractivity contribution in [1.29, 1.82) is 0 Å². The Labute approximate surface area is 174 Å². The summed E-state index contributed by atoms with van der Waals surface area (Å²) in [6.45, 7) is 0.531. The van der Waals surface area contributed by atoms with Gasteiger partial charge in [-0.1, -0.05) is 29.3 Å². The number of nitrogens with zero attached hydrogens (tertiary/aromatic N) is 7. The van der Waals surface area contributed by atoms with Gasteiger partial charge in [-0.25, -0.2) is 4.98 Å². The zero-order chi connectivity index (χ0) is 20.5. The lowest BCUT2D eigenvalue weighted by molar-refractivity contribution is 0.0996. The number of nitrogens with two attached hydrogens (primary N) is 1. The van der Waals surface area contributed by atoms with Gasteiger partial charge in [0.1, 0.15) is 5.69 Å². The number of amides is 1. The average molecular weight is 432 g/mol. The van der Waals surface area contributed by atoms with Crippen LogP contribution in [0.15, 0.2) is 43.1 Å². The molecule has 0 radical (unpaired) electrons. The number of carbonyl (C=O) groups excluding carboxylic acids is 1. The fraction of sp³-hybridized carbons (Fsp3) is 0.118. The van der Waals surface area contributed by atoms with Crippen molar-refractivity contribution >= 4 is 40.6 Å². The number of anilines is 2. The van der Waals surface area contributed by atoms with E-state index in [1.807, 2.05) is 11.6 Å². The molecule has 3 aromatic heterocycles. The molecule has 4 aromatic rings. The quantitative estimate of drug-likeness (QED) is 0.483. The lowest BCUT2D eigenvalue weighted by Gasteiger charge is -2.04. The predicted octanol–water partition coefficient (Wildman–Crippen LogP) is 2.39. The van der Waals surface area contributed by atoms with E-state index in [4.69, 9.17) is 28.9 Å². The first-order valence-corrected chi connectivity index (χ1v) is 9.14. The number of hydrogen-bond acceptors (Lipinski definition) is 6. The highest BCUT2D eigenvalue weighted by Gasteiger charge is 2.20. The molecule has 4 rings (SSSR count). The van der Waals surface area contributed by atoms with Crippen LogP contribution in [0.2, 0.25) is 10.0 Å². The van der Waals surface area contributed by atoms with Crippen LogP contribution < -0.4 is 11.1 Å². The molecule has 1 aromatic carbocycles. The van der Waals surface area contributed by atoms with Crippen molar-refractivity contribution in [2.75, 3.05) is 5.32 Å². The molecule has 0 aliphatic heterocycles. The van der Waals surface area contributed by atoms with Gasteiger partial charge in [-0.3, -0.25) is 9.48 Å². The third-order valence-corrected chi connectivity index (χ3v) is 4.73. The molecular formula is C17H15Cl2N9O. The average Bonchev–Trinajstić information content (AvgIpc) is 3.37. The predicted molar refractivity (Wildman–Crippen MR) is 108 cm³/mol. The first kappa shape index (κ1) is 19.0. The van der Waals surface area contributed by atoms with Gasteiger partial charge >= 0.3 is 0 Å². The number of rotatable bonds is 6. The first-order valence-electron chi connectivity index (χ1n) is 8.38. The fourth-order valence-electron chi connectivity index (χ4n) is 2.69. The zero-order valence-electron chi connectivity index (χ0n) is 15.1. The van der Waals surface area contributed by atoms with Gasteiger partial charge in [0.05, 0.1) is 46.7 Å². The molecule has 0 saturated heterocycles. The standard InChI is InChI=1S/C17H15Cl2N9O/c1-26-9-21-6-11(26)8-27-7-10(5-22-27)23-17-14(16(20)29)24-28(25-17)15-12(18)3-2-4-13(15)19/h2-7,9H,8H2,1H3,(H2,20,29)(H,23,25). The number of primary amides is 1. The maximum atomic E-state index is 11.9. The summed E-state index contributed by atoms with van der Waals surface area (Å²) in [4.78, 5) is 17.1. The molecule has 12 heteroatoms. The Balaban J connectivity index is 1.63. The second-order valence-electron chi connectivity index (χ2n) is 6.17. The number of halogens is 2. The van der Waals surface area contributed by atoms with E-state index < -0.39 is 5.91 Å². The van der Waals surface area contributed by atoms with Crippen LogP contribution in [0.1, 0.15) is 16.2 Å². The number of aromatic nitrogens is 7. The number of benzene rings is 1. The van der Waals surface area contributed by atoms with Crippen molar-refractivity contribution in [3.05, 3.63) is 64.6 Å². The lowest BCUT2D eigenvalue weighted by atomic mass is 10.3.